The largest absolute Gasteiger partial charge is 0.381 e. The van der Waals surface area contributed by atoms with E-state index in [9.17, 15) is 0 Å². The van der Waals surface area contributed by atoms with Gasteiger partial charge >= 0.3 is 0 Å². The van der Waals surface area contributed by atoms with Crippen LogP contribution >= 0.6 is 0 Å². The van der Waals surface area contributed by atoms with Crippen LogP contribution in [0.1, 0.15) is 38.5 Å². The van der Waals surface area contributed by atoms with E-state index in [4.69, 9.17) is 9.47 Å². The molecular weight excluding hydrogens is 188 g/mol. The third-order valence-corrected chi connectivity index (χ3v) is 4.55. The van der Waals surface area contributed by atoms with Crippen LogP contribution in [0.4, 0.5) is 0 Å². The van der Waals surface area contributed by atoms with Crippen molar-refractivity contribution in [3.8, 4) is 0 Å². The average Bonchev–Trinajstić information content (AvgIpc) is 2.51. The molecule has 15 heavy (non-hydrogen) atoms. The first-order valence-corrected chi connectivity index (χ1v) is 6.63. The fraction of sp³-hybridized carbons (Fsp3) is 1.00. The van der Waals surface area contributed by atoms with Gasteiger partial charge < -0.3 is 9.47 Å². The van der Waals surface area contributed by atoms with E-state index in [0.717, 1.165) is 37.6 Å². The molecule has 3 fully saturated rings. The first kappa shape index (κ1) is 10.1. The third kappa shape index (κ3) is 2.07. The lowest BCUT2D eigenvalue weighted by atomic mass is 9.74. The maximum Gasteiger partial charge on any atom is 0.0610 e. The summed E-state index contributed by atoms with van der Waals surface area (Å²) in [6.45, 7) is 3.02. The zero-order valence-electron chi connectivity index (χ0n) is 9.49. The Bertz CT molecular complexity index is 209. The predicted molar refractivity (Wildman–Crippen MR) is 58.7 cm³/mol. The van der Waals surface area contributed by atoms with Gasteiger partial charge in [-0.1, -0.05) is 6.42 Å². The second-order valence-electron chi connectivity index (χ2n) is 5.55. The van der Waals surface area contributed by atoms with Crippen LogP contribution in [0, 0.1) is 17.8 Å². The van der Waals surface area contributed by atoms with Crippen molar-refractivity contribution >= 4 is 0 Å². The van der Waals surface area contributed by atoms with Crippen LogP contribution in [0.15, 0.2) is 0 Å². The van der Waals surface area contributed by atoms with Gasteiger partial charge in [0.15, 0.2) is 0 Å². The van der Waals surface area contributed by atoms with Crippen LogP contribution < -0.4 is 0 Å². The Balaban J connectivity index is 1.64. The van der Waals surface area contributed by atoms with Crippen molar-refractivity contribution < 1.29 is 9.47 Å². The second kappa shape index (κ2) is 4.42. The minimum Gasteiger partial charge on any atom is -0.381 e. The average molecular weight is 210 g/mol. The zero-order valence-corrected chi connectivity index (χ0v) is 9.49. The molecule has 3 rings (SSSR count). The molecule has 86 valence electrons. The molecule has 0 aromatic heterocycles. The number of fused-ring (bicyclic) bond motifs is 2. The SMILES string of the molecule is C1CCC(C2CCC3COC2C3)COC1. The van der Waals surface area contributed by atoms with E-state index in [0.29, 0.717) is 6.10 Å². The molecule has 0 aromatic rings. The summed E-state index contributed by atoms with van der Waals surface area (Å²) in [7, 11) is 0. The van der Waals surface area contributed by atoms with Gasteiger partial charge in [0, 0.05) is 19.8 Å². The molecule has 0 N–H and O–H groups in total. The van der Waals surface area contributed by atoms with E-state index >= 15 is 0 Å². The van der Waals surface area contributed by atoms with Crippen molar-refractivity contribution in [2.45, 2.75) is 44.6 Å². The van der Waals surface area contributed by atoms with Gasteiger partial charge in [-0.25, -0.2) is 0 Å². The third-order valence-electron chi connectivity index (χ3n) is 4.55. The molecule has 1 aliphatic carbocycles. The normalized spacial score (nSPS) is 46.4. The van der Waals surface area contributed by atoms with Crippen LogP contribution in [-0.4, -0.2) is 25.9 Å². The van der Waals surface area contributed by atoms with E-state index in [-0.39, 0.29) is 0 Å². The number of hydrogen-bond donors (Lipinski definition) is 0. The van der Waals surface area contributed by atoms with Gasteiger partial charge in [0.1, 0.15) is 0 Å². The molecular formula is C13H22O2. The Morgan fingerprint density at radius 2 is 1.93 bits per heavy atom. The van der Waals surface area contributed by atoms with E-state index in [1.807, 2.05) is 0 Å². The minimum atomic E-state index is 0.579. The highest BCUT2D eigenvalue weighted by molar-refractivity contribution is 4.89. The molecule has 2 aliphatic heterocycles. The summed E-state index contributed by atoms with van der Waals surface area (Å²) < 4.78 is 11.6. The van der Waals surface area contributed by atoms with Gasteiger partial charge in [-0.3, -0.25) is 0 Å². The fourth-order valence-corrected chi connectivity index (χ4v) is 3.64. The maximum absolute atomic E-state index is 5.93. The summed E-state index contributed by atoms with van der Waals surface area (Å²) in [4.78, 5) is 0. The molecule has 0 amide bonds. The lowest BCUT2D eigenvalue weighted by Gasteiger charge is -2.33. The summed E-state index contributed by atoms with van der Waals surface area (Å²) >= 11 is 0. The van der Waals surface area contributed by atoms with Gasteiger partial charge in [0.25, 0.3) is 0 Å². The molecule has 2 nitrogen and oxygen atoms in total. The van der Waals surface area contributed by atoms with Crippen molar-refractivity contribution in [1.29, 1.82) is 0 Å². The van der Waals surface area contributed by atoms with E-state index in [1.54, 1.807) is 0 Å². The Hall–Kier alpha value is -0.0800. The second-order valence-corrected chi connectivity index (χ2v) is 5.55. The smallest absolute Gasteiger partial charge is 0.0610 e. The lowest BCUT2D eigenvalue weighted by molar-refractivity contribution is 0.00929. The van der Waals surface area contributed by atoms with Gasteiger partial charge in [-0.15, -0.1) is 0 Å². The topological polar surface area (TPSA) is 18.5 Å². The Labute approximate surface area is 92.3 Å². The number of ether oxygens (including phenoxy) is 2. The van der Waals surface area contributed by atoms with Crippen LogP contribution in [0.2, 0.25) is 0 Å². The summed E-state index contributed by atoms with van der Waals surface area (Å²) in [6, 6.07) is 0. The molecule has 0 spiro atoms. The quantitative estimate of drug-likeness (QED) is 0.662. The van der Waals surface area contributed by atoms with E-state index in [1.165, 1.54) is 38.5 Å². The Morgan fingerprint density at radius 3 is 2.93 bits per heavy atom. The number of rotatable bonds is 1. The monoisotopic (exact) mass is 210 g/mol. The molecule has 2 heterocycles. The van der Waals surface area contributed by atoms with Crippen molar-refractivity contribution in [2.75, 3.05) is 19.8 Å². The minimum absolute atomic E-state index is 0.579. The Kier molecular flexibility index (Phi) is 2.98. The van der Waals surface area contributed by atoms with Gasteiger partial charge in [-0.2, -0.15) is 0 Å². The molecule has 4 unspecified atom stereocenters. The lowest BCUT2D eigenvalue weighted by Crippen LogP contribution is -2.32. The summed E-state index contributed by atoms with van der Waals surface area (Å²) in [5, 5.41) is 0. The summed E-state index contributed by atoms with van der Waals surface area (Å²) in [6.07, 6.45) is 8.70. The first-order valence-electron chi connectivity index (χ1n) is 6.63. The molecule has 0 radical (unpaired) electrons. The van der Waals surface area contributed by atoms with Gasteiger partial charge in [0.05, 0.1) is 6.10 Å². The van der Waals surface area contributed by atoms with Crippen LogP contribution in [-0.2, 0) is 9.47 Å². The van der Waals surface area contributed by atoms with Crippen molar-refractivity contribution in [3.05, 3.63) is 0 Å². The maximum atomic E-state index is 5.93. The highest BCUT2D eigenvalue weighted by atomic mass is 16.5. The predicted octanol–water partition coefficient (Wildman–Crippen LogP) is 2.62. The van der Waals surface area contributed by atoms with E-state index < -0.39 is 0 Å². The van der Waals surface area contributed by atoms with Crippen LogP contribution in [0.3, 0.4) is 0 Å². The highest BCUT2D eigenvalue weighted by Crippen LogP contribution is 2.42. The summed E-state index contributed by atoms with van der Waals surface area (Å²) in [5.41, 5.74) is 0. The standard InChI is InChI=1S/C13H22O2/c1-2-6-14-9-11(3-1)12-5-4-10-7-13(12)15-8-10/h10-13H,1-9H2. The first-order chi connectivity index (χ1) is 7.43. The highest BCUT2D eigenvalue weighted by Gasteiger charge is 2.40. The zero-order chi connectivity index (χ0) is 10.1. The van der Waals surface area contributed by atoms with Gasteiger partial charge in [-0.05, 0) is 49.9 Å². The Morgan fingerprint density at radius 1 is 0.933 bits per heavy atom. The fourth-order valence-electron chi connectivity index (χ4n) is 3.64. The molecule has 2 heteroatoms. The molecule has 0 aromatic carbocycles. The number of hydrogen-bond acceptors (Lipinski definition) is 2. The van der Waals surface area contributed by atoms with Crippen LogP contribution in [0.25, 0.3) is 0 Å². The molecule has 2 saturated heterocycles. The summed E-state index contributed by atoms with van der Waals surface area (Å²) in [5.74, 6) is 2.48. The molecule has 1 saturated carbocycles. The van der Waals surface area contributed by atoms with Gasteiger partial charge in [0.2, 0.25) is 0 Å². The van der Waals surface area contributed by atoms with Crippen molar-refractivity contribution in [1.82, 2.24) is 0 Å². The van der Waals surface area contributed by atoms with E-state index in [2.05, 4.69) is 0 Å². The molecule has 3 aliphatic rings. The molecule has 4 atom stereocenters. The van der Waals surface area contributed by atoms with Crippen LogP contribution in [0.5, 0.6) is 0 Å². The van der Waals surface area contributed by atoms with Crippen molar-refractivity contribution in [2.24, 2.45) is 17.8 Å². The molecule has 2 bridgehead atoms. The van der Waals surface area contributed by atoms with Crippen molar-refractivity contribution in [3.63, 3.8) is 0 Å².